The van der Waals surface area contributed by atoms with Crippen molar-refractivity contribution in [3.63, 3.8) is 0 Å². The average Bonchev–Trinajstić information content (AvgIpc) is 3.42. The molecule has 1 amide bonds. The zero-order chi connectivity index (χ0) is 21.6. The lowest BCUT2D eigenvalue weighted by molar-refractivity contribution is -0.132. The summed E-state index contributed by atoms with van der Waals surface area (Å²) in [5.41, 5.74) is 1.13. The SMILES string of the molecule is COc1ccc(/C(O)=C2\C(=O)C(=O)N(c3nc(C)c(C)s3)[C@@H]2c2cccs2)cc1Cl. The van der Waals surface area contributed by atoms with Gasteiger partial charge in [-0.25, -0.2) is 4.98 Å². The highest BCUT2D eigenvalue weighted by atomic mass is 35.5. The van der Waals surface area contributed by atoms with Crippen LogP contribution in [0.25, 0.3) is 5.76 Å². The molecule has 1 aromatic carbocycles. The molecular formula is C21H17ClN2O4S2. The number of carbonyl (C=O) groups excluding carboxylic acids is 2. The Labute approximate surface area is 186 Å². The first kappa shape index (κ1) is 20.6. The molecule has 1 aliphatic rings. The predicted octanol–water partition coefficient (Wildman–Crippen LogP) is 5.11. The molecular weight excluding hydrogens is 444 g/mol. The van der Waals surface area contributed by atoms with Crippen LogP contribution in [-0.2, 0) is 9.59 Å². The summed E-state index contributed by atoms with van der Waals surface area (Å²) in [5, 5.41) is 13.6. The summed E-state index contributed by atoms with van der Waals surface area (Å²) in [6.45, 7) is 3.76. The average molecular weight is 461 g/mol. The van der Waals surface area contributed by atoms with E-state index in [2.05, 4.69) is 4.98 Å². The molecule has 6 nitrogen and oxygen atoms in total. The highest BCUT2D eigenvalue weighted by Crippen LogP contribution is 2.45. The van der Waals surface area contributed by atoms with E-state index in [0.29, 0.717) is 16.4 Å². The molecule has 4 rings (SSSR count). The van der Waals surface area contributed by atoms with Gasteiger partial charge in [-0.15, -0.1) is 22.7 Å². The van der Waals surface area contributed by atoms with Gasteiger partial charge in [0, 0.05) is 15.3 Å². The third kappa shape index (κ3) is 3.30. The van der Waals surface area contributed by atoms with Crippen LogP contribution in [0.15, 0.2) is 41.3 Å². The largest absolute Gasteiger partial charge is 0.507 e. The number of aromatic nitrogens is 1. The Morgan fingerprint density at radius 3 is 2.60 bits per heavy atom. The van der Waals surface area contributed by atoms with E-state index in [4.69, 9.17) is 16.3 Å². The van der Waals surface area contributed by atoms with Crippen LogP contribution in [0.1, 0.15) is 27.1 Å². The molecule has 0 unspecified atom stereocenters. The van der Waals surface area contributed by atoms with Crippen molar-refractivity contribution < 1.29 is 19.4 Å². The van der Waals surface area contributed by atoms with Gasteiger partial charge in [0.25, 0.3) is 5.78 Å². The maximum atomic E-state index is 13.0. The van der Waals surface area contributed by atoms with Gasteiger partial charge in [-0.05, 0) is 43.5 Å². The Kier molecular flexibility index (Phi) is 5.40. The van der Waals surface area contributed by atoms with Crippen molar-refractivity contribution in [1.82, 2.24) is 4.98 Å². The first-order valence-electron chi connectivity index (χ1n) is 8.95. The third-order valence-corrected chi connectivity index (χ3v) is 7.20. The van der Waals surface area contributed by atoms with Crippen molar-refractivity contribution in [3.8, 4) is 5.75 Å². The lowest BCUT2D eigenvalue weighted by Crippen LogP contribution is -2.29. The summed E-state index contributed by atoms with van der Waals surface area (Å²) in [4.78, 5) is 33.6. The number of aryl methyl sites for hydroxylation is 2. The number of ketones is 1. The van der Waals surface area contributed by atoms with E-state index in [1.54, 1.807) is 12.1 Å². The van der Waals surface area contributed by atoms with Crippen LogP contribution < -0.4 is 9.64 Å². The van der Waals surface area contributed by atoms with E-state index in [9.17, 15) is 14.7 Å². The number of hydrogen-bond acceptors (Lipinski definition) is 7. The molecule has 9 heteroatoms. The molecule has 0 saturated carbocycles. The lowest BCUT2D eigenvalue weighted by Gasteiger charge is -2.21. The molecule has 1 saturated heterocycles. The predicted molar refractivity (Wildman–Crippen MR) is 119 cm³/mol. The summed E-state index contributed by atoms with van der Waals surface area (Å²) in [5.74, 6) is -1.33. The second kappa shape index (κ2) is 7.86. The van der Waals surface area contributed by atoms with E-state index in [0.717, 1.165) is 15.4 Å². The molecule has 1 aliphatic heterocycles. The number of halogens is 1. The molecule has 0 aliphatic carbocycles. The minimum atomic E-state index is -0.768. The van der Waals surface area contributed by atoms with Crippen LogP contribution in [-0.4, -0.2) is 28.9 Å². The monoisotopic (exact) mass is 460 g/mol. The zero-order valence-corrected chi connectivity index (χ0v) is 18.7. The Balaban J connectivity index is 1.91. The number of amides is 1. The number of anilines is 1. The van der Waals surface area contributed by atoms with Crippen molar-refractivity contribution in [1.29, 1.82) is 0 Å². The highest BCUT2D eigenvalue weighted by Gasteiger charge is 2.48. The second-order valence-corrected chi connectivity index (χ2v) is 9.24. The standard InChI is InChI=1S/C21H17ClN2O4S2/c1-10-11(2)30-21(23-10)24-17(15-5-4-8-29-15)16(19(26)20(24)27)18(25)12-6-7-14(28-3)13(22)9-12/h4-9,17,25H,1-3H3/b18-16+/t17-/m1/s1. The number of carbonyl (C=O) groups is 2. The smallest absolute Gasteiger partial charge is 0.301 e. The fourth-order valence-corrected chi connectivity index (χ4v) is 5.29. The number of benzene rings is 1. The number of nitrogens with zero attached hydrogens (tertiary/aromatic N) is 2. The summed E-state index contributed by atoms with van der Waals surface area (Å²) in [7, 11) is 1.49. The van der Waals surface area contributed by atoms with Gasteiger partial charge in [0.2, 0.25) is 0 Å². The fourth-order valence-electron chi connectivity index (χ4n) is 3.27. The van der Waals surface area contributed by atoms with E-state index in [1.807, 2.05) is 31.4 Å². The number of thiazole rings is 1. The normalized spacial score (nSPS) is 18.3. The second-order valence-electron chi connectivity index (χ2n) is 6.67. The van der Waals surface area contributed by atoms with E-state index >= 15 is 0 Å². The number of thiophene rings is 1. The number of Topliss-reactive ketones (excluding diaryl/α,β-unsaturated/α-hetero) is 1. The fraction of sp³-hybridized carbons (Fsp3) is 0.190. The zero-order valence-electron chi connectivity index (χ0n) is 16.3. The summed E-state index contributed by atoms with van der Waals surface area (Å²) in [6.07, 6.45) is 0. The molecule has 3 heterocycles. The van der Waals surface area contributed by atoms with Crippen molar-refractivity contribution >= 4 is 56.9 Å². The van der Waals surface area contributed by atoms with Crippen LogP contribution in [0.3, 0.4) is 0 Å². The van der Waals surface area contributed by atoms with E-state index in [-0.39, 0.29) is 16.4 Å². The first-order valence-corrected chi connectivity index (χ1v) is 11.0. The maximum absolute atomic E-state index is 13.0. The first-order chi connectivity index (χ1) is 14.3. The van der Waals surface area contributed by atoms with Gasteiger partial charge in [0.15, 0.2) is 5.13 Å². The lowest BCUT2D eigenvalue weighted by atomic mass is 10.00. The topological polar surface area (TPSA) is 79.7 Å². The Morgan fingerprint density at radius 2 is 2.03 bits per heavy atom. The Morgan fingerprint density at radius 1 is 1.27 bits per heavy atom. The van der Waals surface area contributed by atoms with Crippen LogP contribution in [0.2, 0.25) is 5.02 Å². The summed E-state index contributed by atoms with van der Waals surface area (Å²) >= 11 is 8.94. The molecule has 3 aromatic rings. The molecule has 0 bridgehead atoms. The minimum Gasteiger partial charge on any atom is -0.507 e. The molecule has 0 radical (unpaired) electrons. The molecule has 30 heavy (non-hydrogen) atoms. The Hall–Kier alpha value is -2.68. The number of aliphatic hydroxyl groups is 1. The molecule has 154 valence electrons. The van der Waals surface area contributed by atoms with Crippen molar-refractivity contribution in [2.24, 2.45) is 0 Å². The minimum absolute atomic E-state index is 0.00851. The molecule has 0 spiro atoms. The number of methoxy groups -OCH3 is 1. The van der Waals surface area contributed by atoms with Gasteiger partial charge in [-0.2, -0.15) is 0 Å². The van der Waals surface area contributed by atoms with Gasteiger partial charge in [-0.3, -0.25) is 14.5 Å². The van der Waals surface area contributed by atoms with Crippen molar-refractivity contribution in [2.45, 2.75) is 19.9 Å². The highest BCUT2D eigenvalue weighted by molar-refractivity contribution is 7.16. The number of hydrogen-bond donors (Lipinski definition) is 1. The van der Waals surface area contributed by atoms with Crippen molar-refractivity contribution in [3.05, 3.63) is 67.3 Å². The maximum Gasteiger partial charge on any atom is 0.301 e. The van der Waals surface area contributed by atoms with Crippen LogP contribution in [0.4, 0.5) is 5.13 Å². The molecule has 1 N–H and O–H groups in total. The quantitative estimate of drug-likeness (QED) is 0.332. The summed E-state index contributed by atoms with van der Waals surface area (Å²) < 4.78 is 5.15. The van der Waals surface area contributed by atoms with Gasteiger partial charge >= 0.3 is 5.91 Å². The van der Waals surface area contributed by atoms with Crippen LogP contribution in [0, 0.1) is 13.8 Å². The molecule has 2 aromatic heterocycles. The Bertz CT molecular complexity index is 1160. The van der Waals surface area contributed by atoms with Crippen LogP contribution >= 0.6 is 34.3 Å². The van der Waals surface area contributed by atoms with Gasteiger partial charge in [0.05, 0.1) is 23.4 Å². The molecule has 1 atom stereocenters. The summed E-state index contributed by atoms with van der Waals surface area (Å²) in [6, 6.07) is 7.60. The van der Waals surface area contributed by atoms with Gasteiger partial charge < -0.3 is 9.84 Å². The van der Waals surface area contributed by atoms with Crippen LogP contribution in [0.5, 0.6) is 5.75 Å². The number of rotatable bonds is 4. The number of ether oxygens (including phenoxy) is 1. The molecule has 1 fully saturated rings. The van der Waals surface area contributed by atoms with Crippen molar-refractivity contribution in [2.75, 3.05) is 12.0 Å². The van der Waals surface area contributed by atoms with E-state index in [1.165, 1.54) is 40.7 Å². The third-order valence-electron chi connectivity index (χ3n) is 4.91. The number of aliphatic hydroxyl groups excluding tert-OH is 1. The van der Waals surface area contributed by atoms with Gasteiger partial charge in [0.1, 0.15) is 17.6 Å². The van der Waals surface area contributed by atoms with Gasteiger partial charge in [-0.1, -0.05) is 17.7 Å². The van der Waals surface area contributed by atoms with E-state index < -0.39 is 17.7 Å².